The Morgan fingerprint density at radius 1 is 1.69 bits per heavy atom. The molecule has 1 unspecified atom stereocenters. The van der Waals surface area contributed by atoms with E-state index >= 15 is 0 Å². The molecule has 1 aromatic heterocycles. The lowest BCUT2D eigenvalue weighted by atomic mass is 10.1. The number of aliphatic carboxylic acids is 1. The molecular weight excluding hydrogens is 176 g/mol. The molecule has 0 aliphatic rings. The van der Waals surface area contributed by atoms with Gasteiger partial charge in [0, 0.05) is 17.3 Å². The number of nitrogens with zero attached hydrogens (tertiary/aromatic N) is 2. The minimum atomic E-state index is -1.73. The van der Waals surface area contributed by atoms with Crippen LogP contribution < -0.4 is 0 Å². The molecule has 0 fully saturated rings. The van der Waals surface area contributed by atoms with E-state index in [4.69, 9.17) is 5.11 Å². The van der Waals surface area contributed by atoms with Crippen molar-refractivity contribution in [3.05, 3.63) is 40.2 Å². The summed E-state index contributed by atoms with van der Waals surface area (Å²) in [5.74, 6) is -1.49. The zero-order valence-electron chi connectivity index (χ0n) is 6.45. The summed E-state index contributed by atoms with van der Waals surface area (Å²) in [7, 11) is 0. The van der Waals surface area contributed by atoms with Crippen molar-refractivity contribution in [3.63, 3.8) is 0 Å². The Kier molecular flexibility index (Phi) is 2.53. The van der Waals surface area contributed by atoms with Crippen LogP contribution in [-0.2, 0) is 4.79 Å². The highest BCUT2D eigenvalue weighted by Gasteiger charge is 2.31. The first-order chi connectivity index (χ1) is 6.13. The largest absolute Gasteiger partial charge is 0.476 e. The molecule has 0 radical (unpaired) electrons. The first kappa shape index (κ1) is 9.11. The van der Waals surface area contributed by atoms with Crippen LogP contribution in [0, 0.1) is 10.1 Å². The molecule has 0 aliphatic carbocycles. The third-order valence-corrected chi connectivity index (χ3v) is 1.44. The van der Waals surface area contributed by atoms with Gasteiger partial charge in [-0.1, -0.05) is 0 Å². The second-order valence-corrected chi connectivity index (χ2v) is 2.31. The maximum atomic E-state index is 10.5. The van der Waals surface area contributed by atoms with Crippen LogP contribution in [0.1, 0.15) is 11.6 Å². The number of rotatable bonds is 3. The van der Waals surface area contributed by atoms with Gasteiger partial charge in [-0.05, 0) is 12.1 Å². The van der Waals surface area contributed by atoms with E-state index in [1.165, 1.54) is 24.5 Å². The molecule has 6 heteroatoms. The van der Waals surface area contributed by atoms with E-state index in [1.807, 2.05) is 0 Å². The smallest absolute Gasteiger partial charge is 0.384 e. The van der Waals surface area contributed by atoms with Crippen molar-refractivity contribution >= 4 is 5.97 Å². The first-order valence-electron chi connectivity index (χ1n) is 3.39. The Bertz CT molecular complexity index is 311. The summed E-state index contributed by atoms with van der Waals surface area (Å²) in [6.45, 7) is 0. The standard InChI is InChI=1S/C7H6N2O4/c10-7(11)6(9(12)13)5-2-1-3-8-4-5/h1-4,6H,(H,10,11). The van der Waals surface area contributed by atoms with Crippen LogP contribution in [-0.4, -0.2) is 21.0 Å². The third-order valence-electron chi connectivity index (χ3n) is 1.44. The molecule has 1 N–H and O–H groups in total. The fourth-order valence-corrected chi connectivity index (χ4v) is 0.892. The Morgan fingerprint density at radius 3 is 2.77 bits per heavy atom. The lowest BCUT2D eigenvalue weighted by Gasteiger charge is -2.02. The van der Waals surface area contributed by atoms with Gasteiger partial charge >= 0.3 is 12.0 Å². The van der Waals surface area contributed by atoms with Crippen molar-refractivity contribution in [1.29, 1.82) is 0 Å². The van der Waals surface area contributed by atoms with Gasteiger partial charge in [-0.25, -0.2) is 4.79 Å². The molecule has 1 aromatic rings. The summed E-state index contributed by atoms with van der Waals surface area (Å²) in [5.41, 5.74) is 0.0694. The van der Waals surface area contributed by atoms with Crippen LogP contribution in [0.5, 0.6) is 0 Å². The van der Waals surface area contributed by atoms with Crippen molar-refractivity contribution in [2.75, 3.05) is 0 Å². The molecule has 1 rings (SSSR count). The molecule has 6 nitrogen and oxygen atoms in total. The summed E-state index contributed by atoms with van der Waals surface area (Å²) in [5, 5.41) is 18.9. The molecule has 0 aliphatic heterocycles. The van der Waals surface area contributed by atoms with Crippen molar-refractivity contribution in [1.82, 2.24) is 4.98 Å². The molecule has 0 saturated heterocycles. The van der Waals surface area contributed by atoms with E-state index in [1.54, 1.807) is 0 Å². The van der Waals surface area contributed by atoms with Gasteiger partial charge in [0.05, 0.1) is 5.56 Å². The zero-order valence-corrected chi connectivity index (χ0v) is 6.45. The molecule has 0 bridgehead atoms. The van der Waals surface area contributed by atoms with Gasteiger partial charge in [-0.3, -0.25) is 15.1 Å². The number of hydrogen-bond donors (Lipinski definition) is 1. The lowest BCUT2D eigenvalue weighted by molar-refractivity contribution is -0.516. The van der Waals surface area contributed by atoms with Crippen molar-refractivity contribution in [2.45, 2.75) is 6.04 Å². The predicted octanol–water partition coefficient (Wildman–Crippen LogP) is 0.484. The van der Waals surface area contributed by atoms with Gasteiger partial charge in [0.1, 0.15) is 0 Å². The van der Waals surface area contributed by atoms with Crippen molar-refractivity contribution in [3.8, 4) is 0 Å². The summed E-state index contributed by atoms with van der Waals surface area (Å²) < 4.78 is 0. The van der Waals surface area contributed by atoms with Crippen LogP contribution in [0.25, 0.3) is 0 Å². The van der Waals surface area contributed by atoms with Gasteiger partial charge in [-0.15, -0.1) is 0 Å². The third kappa shape index (κ3) is 1.98. The van der Waals surface area contributed by atoms with Gasteiger partial charge in [0.15, 0.2) is 0 Å². The van der Waals surface area contributed by atoms with Gasteiger partial charge in [0.2, 0.25) is 0 Å². The Morgan fingerprint density at radius 2 is 2.38 bits per heavy atom. The Hall–Kier alpha value is -1.98. The number of hydrogen-bond acceptors (Lipinski definition) is 4. The number of aromatic nitrogens is 1. The van der Waals surface area contributed by atoms with E-state index in [9.17, 15) is 14.9 Å². The second kappa shape index (κ2) is 3.61. The summed E-state index contributed by atoms with van der Waals surface area (Å²) in [4.78, 5) is 23.6. The molecule has 0 spiro atoms. The Labute approximate surface area is 73.0 Å². The number of pyridine rings is 1. The number of carboxylic acid groups (broad SMARTS) is 1. The van der Waals surface area contributed by atoms with Crippen LogP contribution >= 0.6 is 0 Å². The Balaban J connectivity index is 3.03. The van der Waals surface area contributed by atoms with E-state index in [2.05, 4.69) is 4.98 Å². The van der Waals surface area contributed by atoms with Crippen LogP contribution in [0.3, 0.4) is 0 Å². The van der Waals surface area contributed by atoms with Crippen molar-refractivity contribution in [2.24, 2.45) is 0 Å². The highest BCUT2D eigenvalue weighted by Crippen LogP contribution is 2.14. The summed E-state index contributed by atoms with van der Waals surface area (Å²) in [6, 6.07) is 1.08. The van der Waals surface area contributed by atoms with Crippen LogP contribution in [0.4, 0.5) is 0 Å². The van der Waals surface area contributed by atoms with Crippen molar-refractivity contribution < 1.29 is 14.8 Å². The summed E-state index contributed by atoms with van der Waals surface area (Å²) >= 11 is 0. The number of carbonyl (C=O) groups is 1. The average Bonchev–Trinajstić information content (AvgIpc) is 2.04. The molecule has 1 atom stereocenters. The van der Waals surface area contributed by atoms with Gasteiger partial charge < -0.3 is 5.11 Å². The molecule has 68 valence electrons. The molecule has 13 heavy (non-hydrogen) atoms. The van der Waals surface area contributed by atoms with E-state index in [-0.39, 0.29) is 5.56 Å². The predicted molar refractivity (Wildman–Crippen MR) is 41.6 cm³/mol. The highest BCUT2D eigenvalue weighted by molar-refractivity contribution is 5.73. The second-order valence-electron chi connectivity index (χ2n) is 2.31. The fraction of sp³-hybridized carbons (Fsp3) is 0.143. The molecule has 1 heterocycles. The normalized spacial score (nSPS) is 12.0. The van der Waals surface area contributed by atoms with E-state index in [0.29, 0.717) is 0 Å². The number of carboxylic acids is 1. The van der Waals surface area contributed by atoms with Crippen LogP contribution in [0.15, 0.2) is 24.5 Å². The lowest BCUT2D eigenvalue weighted by Crippen LogP contribution is -2.20. The topological polar surface area (TPSA) is 93.3 Å². The first-order valence-corrected chi connectivity index (χ1v) is 3.39. The fourth-order valence-electron chi connectivity index (χ4n) is 0.892. The molecular formula is C7H6N2O4. The van der Waals surface area contributed by atoms with Gasteiger partial charge in [0.25, 0.3) is 0 Å². The maximum absolute atomic E-state index is 10.5. The average molecular weight is 182 g/mol. The quantitative estimate of drug-likeness (QED) is 0.542. The summed E-state index contributed by atoms with van der Waals surface area (Å²) in [6.07, 6.45) is 2.59. The van der Waals surface area contributed by atoms with Gasteiger partial charge in [-0.2, -0.15) is 0 Å². The number of nitro groups is 1. The SMILES string of the molecule is O=C(O)C(c1cccnc1)[N+](=O)[O-]. The van der Waals surface area contributed by atoms with E-state index < -0.39 is 16.9 Å². The minimum Gasteiger partial charge on any atom is -0.476 e. The van der Waals surface area contributed by atoms with Crippen LogP contribution in [0.2, 0.25) is 0 Å². The monoisotopic (exact) mass is 182 g/mol. The molecule has 0 aromatic carbocycles. The zero-order chi connectivity index (χ0) is 9.84. The molecule has 0 saturated carbocycles. The molecule has 0 amide bonds. The maximum Gasteiger partial charge on any atom is 0.384 e. The van der Waals surface area contributed by atoms with E-state index in [0.717, 1.165) is 0 Å². The highest BCUT2D eigenvalue weighted by atomic mass is 16.6. The minimum absolute atomic E-state index is 0.0694.